The minimum atomic E-state index is -0.0931. The van der Waals surface area contributed by atoms with Gasteiger partial charge >= 0.3 is 0 Å². The topological polar surface area (TPSA) is 42.2 Å². The molecule has 0 atom stereocenters. The van der Waals surface area contributed by atoms with Gasteiger partial charge in [0, 0.05) is 25.2 Å². The van der Waals surface area contributed by atoms with Gasteiger partial charge in [0.25, 0.3) is 0 Å². The van der Waals surface area contributed by atoms with Crippen molar-refractivity contribution in [2.75, 3.05) is 19.0 Å². The van der Waals surface area contributed by atoms with Crippen molar-refractivity contribution in [1.82, 2.24) is 4.98 Å². The minimum absolute atomic E-state index is 0.0931. The Morgan fingerprint density at radius 2 is 2.00 bits per heavy atom. The van der Waals surface area contributed by atoms with Gasteiger partial charge in [-0.1, -0.05) is 19.3 Å². The maximum absolute atomic E-state index is 6.45. The number of nitrogens with two attached hydrogens (primary N) is 1. The lowest BCUT2D eigenvalue weighted by Gasteiger charge is -2.31. The van der Waals surface area contributed by atoms with E-state index in [0.29, 0.717) is 0 Å². The molecule has 1 heterocycles. The lowest BCUT2D eigenvalue weighted by atomic mass is 9.82. The molecule has 1 fully saturated rings. The predicted molar refractivity (Wildman–Crippen MR) is 65.4 cm³/mol. The van der Waals surface area contributed by atoms with Crippen molar-refractivity contribution in [3.63, 3.8) is 0 Å². The normalized spacial score (nSPS) is 20.2. The van der Waals surface area contributed by atoms with Crippen molar-refractivity contribution in [2.45, 2.75) is 37.6 Å². The van der Waals surface area contributed by atoms with Gasteiger partial charge in [0.2, 0.25) is 0 Å². The van der Waals surface area contributed by atoms with Crippen LogP contribution in [0.15, 0.2) is 6.20 Å². The lowest BCUT2D eigenvalue weighted by Crippen LogP contribution is -2.37. The van der Waals surface area contributed by atoms with Crippen LogP contribution in [0.2, 0.25) is 0 Å². The van der Waals surface area contributed by atoms with E-state index >= 15 is 0 Å². The van der Waals surface area contributed by atoms with Crippen LogP contribution in [0, 0.1) is 0 Å². The van der Waals surface area contributed by atoms with Gasteiger partial charge in [-0.2, -0.15) is 0 Å². The van der Waals surface area contributed by atoms with Gasteiger partial charge in [0.15, 0.2) is 5.13 Å². The molecule has 84 valence electrons. The summed E-state index contributed by atoms with van der Waals surface area (Å²) in [5, 5.41) is 1.06. The van der Waals surface area contributed by atoms with Crippen molar-refractivity contribution in [3.8, 4) is 0 Å². The van der Waals surface area contributed by atoms with Crippen LogP contribution in [0.3, 0.4) is 0 Å². The fraction of sp³-hybridized carbons (Fsp3) is 0.727. The van der Waals surface area contributed by atoms with E-state index in [1.807, 2.05) is 25.2 Å². The molecule has 3 nitrogen and oxygen atoms in total. The number of hydrogen-bond donors (Lipinski definition) is 1. The third-order valence-electron chi connectivity index (χ3n) is 3.11. The monoisotopic (exact) mass is 225 g/mol. The molecule has 1 saturated carbocycles. The summed E-state index contributed by atoms with van der Waals surface area (Å²) < 4.78 is 0. The second-order valence-electron chi connectivity index (χ2n) is 4.62. The number of aromatic nitrogens is 1. The van der Waals surface area contributed by atoms with Crippen molar-refractivity contribution in [3.05, 3.63) is 11.1 Å². The van der Waals surface area contributed by atoms with E-state index in [1.165, 1.54) is 24.1 Å². The van der Waals surface area contributed by atoms with Crippen molar-refractivity contribution >= 4 is 16.5 Å². The number of rotatable bonds is 2. The van der Waals surface area contributed by atoms with Crippen LogP contribution in [-0.4, -0.2) is 19.1 Å². The fourth-order valence-electron chi connectivity index (χ4n) is 2.13. The molecule has 4 heteroatoms. The molecule has 2 rings (SSSR count). The number of anilines is 1. The van der Waals surface area contributed by atoms with Gasteiger partial charge in [-0.15, -0.1) is 11.3 Å². The first-order valence-corrected chi connectivity index (χ1v) is 6.36. The summed E-state index contributed by atoms with van der Waals surface area (Å²) in [5.74, 6) is 0. The Labute approximate surface area is 95.3 Å². The van der Waals surface area contributed by atoms with E-state index in [4.69, 9.17) is 5.73 Å². The smallest absolute Gasteiger partial charge is 0.185 e. The van der Waals surface area contributed by atoms with E-state index in [1.54, 1.807) is 11.3 Å². The van der Waals surface area contributed by atoms with E-state index in [-0.39, 0.29) is 5.54 Å². The highest BCUT2D eigenvalue weighted by molar-refractivity contribution is 7.15. The molecular weight excluding hydrogens is 206 g/mol. The average molecular weight is 225 g/mol. The Kier molecular flexibility index (Phi) is 2.98. The number of thiazole rings is 1. The zero-order valence-corrected chi connectivity index (χ0v) is 10.3. The molecule has 1 aromatic rings. The molecule has 0 saturated heterocycles. The predicted octanol–water partition coefficient (Wildman–Crippen LogP) is 2.33. The molecule has 1 aromatic heterocycles. The van der Waals surface area contributed by atoms with Gasteiger partial charge in [-0.25, -0.2) is 4.98 Å². The standard InChI is InChI=1S/C11H19N3S/c1-14(2)10-13-8-9(15-10)11(12)6-4-3-5-7-11/h8H,3-7,12H2,1-2H3. The van der Waals surface area contributed by atoms with Gasteiger partial charge in [-0.3, -0.25) is 0 Å². The lowest BCUT2D eigenvalue weighted by molar-refractivity contribution is 0.307. The first-order chi connectivity index (χ1) is 7.12. The highest BCUT2D eigenvalue weighted by atomic mass is 32.1. The Morgan fingerprint density at radius 3 is 2.53 bits per heavy atom. The Morgan fingerprint density at radius 1 is 1.33 bits per heavy atom. The SMILES string of the molecule is CN(C)c1ncc(C2(N)CCCCC2)s1. The maximum atomic E-state index is 6.45. The van der Waals surface area contributed by atoms with E-state index in [9.17, 15) is 0 Å². The largest absolute Gasteiger partial charge is 0.354 e. The zero-order chi connectivity index (χ0) is 10.9. The number of nitrogens with zero attached hydrogens (tertiary/aromatic N) is 2. The Bertz CT molecular complexity index is 326. The first-order valence-electron chi connectivity index (χ1n) is 5.54. The van der Waals surface area contributed by atoms with E-state index < -0.39 is 0 Å². The molecule has 1 aliphatic carbocycles. The minimum Gasteiger partial charge on any atom is -0.354 e. The summed E-state index contributed by atoms with van der Waals surface area (Å²) in [6.07, 6.45) is 8.03. The number of hydrogen-bond acceptors (Lipinski definition) is 4. The maximum Gasteiger partial charge on any atom is 0.185 e. The van der Waals surface area contributed by atoms with Crippen LogP contribution in [0.1, 0.15) is 37.0 Å². The zero-order valence-electron chi connectivity index (χ0n) is 9.49. The van der Waals surface area contributed by atoms with Crippen LogP contribution < -0.4 is 10.6 Å². The van der Waals surface area contributed by atoms with Crippen molar-refractivity contribution in [1.29, 1.82) is 0 Å². The van der Waals surface area contributed by atoms with Gasteiger partial charge in [0.05, 0.1) is 5.54 Å². The van der Waals surface area contributed by atoms with Gasteiger partial charge < -0.3 is 10.6 Å². The van der Waals surface area contributed by atoms with Crippen LogP contribution in [0.4, 0.5) is 5.13 Å². The summed E-state index contributed by atoms with van der Waals surface area (Å²) in [6, 6.07) is 0. The molecule has 0 unspecified atom stereocenters. The second-order valence-corrected chi connectivity index (χ2v) is 5.63. The second kappa shape index (κ2) is 4.10. The third-order valence-corrected chi connectivity index (χ3v) is 4.50. The molecule has 0 aromatic carbocycles. The molecule has 0 amide bonds. The van der Waals surface area contributed by atoms with Gasteiger partial charge in [-0.05, 0) is 12.8 Å². The summed E-state index contributed by atoms with van der Waals surface area (Å²) in [7, 11) is 4.04. The summed E-state index contributed by atoms with van der Waals surface area (Å²) in [6.45, 7) is 0. The highest BCUT2D eigenvalue weighted by Gasteiger charge is 2.31. The molecule has 2 N–H and O–H groups in total. The average Bonchev–Trinajstić information content (AvgIpc) is 2.68. The van der Waals surface area contributed by atoms with Crippen LogP contribution in [0.25, 0.3) is 0 Å². The van der Waals surface area contributed by atoms with Crippen LogP contribution in [0.5, 0.6) is 0 Å². The highest BCUT2D eigenvalue weighted by Crippen LogP contribution is 2.38. The first kappa shape index (κ1) is 10.9. The molecule has 0 bridgehead atoms. The van der Waals surface area contributed by atoms with Crippen LogP contribution in [-0.2, 0) is 5.54 Å². The van der Waals surface area contributed by atoms with E-state index in [0.717, 1.165) is 18.0 Å². The molecule has 0 spiro atoms. The molecule has 15 heavy (non-hydrogen) atoms. The quantitative estimate of drug-likeness (QED) is 0.840. The Balaban J connectivity index is 2.20. The summed E-state index contributed by atoms with van der Waals surface area (Å²) in [5.41, 5.74) is 6.35. The summed E-state index contributed by atoms with van der Waals surface area (Å²) in [4.78, 5) is 7.70. The van der Waals surface area contributed by atoms with Crippen molar-refractivity contribution in [2.24, 2.45) is 5.73 Å². The van der Waals surface area contributed by atoms with Crippen molar-refractivity contribution < 1.29 is 0 Å². The Hall–Kier alpha value is -0.610. The van der Waals surface area contributed by atoms with Gasteiger partial charge in [0.1, 0.15) is 0 Å². The molecule has 0 radical (unpaired) electrons. The fourth-order valence-corrected chi connectivity index (χ4v) is 3.13. The summed E-state index contributed by atoms with van der Waals surface area (Å²) >= 11 is 1.74. The molecule has 0 aliphatic heterocycles. The van der Waals surface area contributed by atoms with E-state index in [2.05, 4.69) is 4.98 Å². The third kappa shape index (κ3) is 2.16. The molecular formula is C11H19N3S. The van der Waals surface area contributed by atoms with Crippen LogP contribution >= 0.6 is 11.3 Å². The molecule has 1 aliphatic rings.